The summed E-state index contributed by atoms with van der Waals surface area (Å²) in [4.78, 5) is 23.5. The van der Waals surface area contributed by atoms with Gasteiger partial charge in [-0.2, -0.15) is 5.10 Å². The third kappa shape index (κ3) is 2.96. The molecule has 0 spiro atoms. The van der Waals surface area contributed by atoms with Crippen molar-refractivity contribution in [3.8, 4) is 17.2 Å². The molecule has 1 aliphatic rings. The van der Waals surface area contributed by atoms with Gasteiger partial charge in [-0.25, -0.2) is 9.67 Å². The van der Waals surface area contributed by atoms with Crippen LogP contribution < -0.4 is 0 Å². The topological polar surface area (TPSA) is 94.6 Å². The van der Waals surface area contributed by atoms with E-state index in [1.54, 1.807) is 22.1 Å². The third-order valence-corrected chi connectivity index (χ3v) is 5.01. The Morgan fingerprint density at radius 2 is 1.97 bits per heavy atom. The summed E-state index contributed by atoms with van der Waals surface area (Å²) in [5.41, 5.74) is 2.04. The number of para-hydroxylation sites is 1. The zero-order valence-electron chi connectivity index (χ0n) is 15.8. The molecule has 1 aromatic carbocycles. The molecule has 3 aromatic heterocycles. The zero-order chi connectivity index (χ0) is 19.8. The van der Waals surface area contributed by atoms with Crippen molar-refractivity contribution in [1.29, 1.82) is 0 Å². The first-order valence-electron chi connectivity index (χ1n) is 9.31. The molecule has 1 amide bonds. The fourth-order valence-electron chi connectivity index (χ4n) is 3.71. The number of hydrogen-bond donors (Lipinski definition) is 0. The normalized spacial score (nSPS) is 15.9. The Morgan fingerprint density at radius 1 is 1.10 bits per heavy atom. The molecule has 4 aromatic rings. The predicted octanol–water partition coefficient (Wildman–Crippen LogP) is 2.14. The molecule has 9 nitrogen and oxygen atoms in total. The lowest BCUT2D eigenvalue weighted by Crippen LogP contribution is -2.40. The van der Waals surface area contributed by atoms with Crippen LogP contribution in [0.1, 0.15) is 29.1 Å². The number of fused-ring (bicyclic) bond motifs is 1. The lowest BCUT2D eigenvalue weighted by Gasteiger charge is -2.32. The number of amides is 1. The maximum atomic E-state index is 13.3. The summed E-state index contributed by atoms with van der Waals surface area (Å²) in [6.45, 7) is 2.99. The summed E-state index contributed by atoms with van der Waals surface area (Å²) < 4.78 is 3.66. The Balaban J connectivity index is 1.47. The molecule has 4 heterocycles. The minimum absolute atomic E-state index is 0.0215. The number of aromatic nitrogens is 7. The summed E-state index contributed by atoms with van der Waals surface area (Å²) in [5, 5.41) is 12.8. The molecule has 0 saturated heterocycles. The van der Waals surface area contributed by atoms with Crippen LogP contribution in [0, 0.1) is 0 Å². The molecular weight excluding hydrogens is 368 g/mol. The van der Waals surface area contributed by atoms with E-state index in [1.165, 1.54) is 6.33 Å². The van der Waals surface area contributed by atoms with E-state index in [0.29, 0.717) is 24.3 Å². The molecule has 144 valence electrons. The van der Waals surface area contributed by atoms with Crippen LogP contribution in [0.3, 0.4) is 0 Å². The number of carbonyl (C=O) groups is 1. The Hall–Kier alpha value is -3.88. The van der Waals surface area contributed by atoms with Gasteiger partial charge in [-0.3, -0.25) is 9.78 Å². The Bertz CT molecular complexity index is 1150. The van der Waals surface area contributed by atoms with Crippen molar-refractivity contribution in [3.05, 3.63) is 72.7 Å². The van der Waals surface area contributed by atoms with Gasteiger partial charge >= 0.3 is 0 Å². The zero-order valence-corrected chi connectivity index (χ0v) is 15.8. The van der Waals surface area contributed by atoms with Gasteiger partial charge in [0.2, 0.25) is 0 Å². The van der Waals surface area contributed by atoms with E-state index >= 15 is 0 Å². The van der Waals surface area contributed by atoms with Crippen LogP contribution >= 0.6 is 0 Å². The monoisotopic (exact) mass is 386 g/mol. The summed E-state index contributed by atoms with van der Waals surface area (Å²) in [6, 6.07) is 13.1. The van der Waals surface area contributed by atoms with E-state index in [1.807, 2.05) is 42.5 Å². The van der Waals surface area contributed by atoms with Gasteiger partial charge in [-0.1, -0.05) is 18.2 Å². The molecule has 0 N–H and O–H groups in total. The van der Waals surface area contributed by atoms with Crippen LogP contribution in [0.5, 0.6) is 0 Å². The predicted molar refractivity (Wildman–Crippen MR) is 104 cm³/mol. The second-order valence-electron chi connectivity index (χ2n) is 6.92. The number of rotatable bonds is 3. The van der Waals surface area contributed by atoms with Gasteiger partial charge in [0.25, 0.3) is 5.91 Å². The van der Waals surface area contributed by atoms with Crippen molar-refractivity contribution in [2.45, 2.75) is 19.5 Å². The molecule has 0 bridgehead atoms. The van der Waals surface area contributed by atoms with Crippen LogP contribution in [0.25, 0.3) is 17.2 Å². The summed E-state index contributed by atoms with van der Waals surface area (Å²) in [7, 11) is 0. The molecule has 0 saturated carbocycles. The first-order chi connectivity index (χ1) is 14.2. The molecule has 9 heteroatoms. The Morgan fingerprint density at radius 3 is 2.76 bits per heavy atom. The minimum Gasteiger partial charge on any atom is -0.329 e. The summed E-state index contributed by atoms with van der Waals surface area (Å²) >= 11 is 0. The number of pyridine rings is 1. The average molecular weight is 386 g/mol. The third-order valence-electron chi connectivity index (χ3n) is 5.01. The summed E-state index contributed by atoms with van der Waals surface area (Å²) in [5.74, 6) is 1.40. The molecule has 0 unspecified atom stereocenters. The van der Waals surface area contributed by atoms with Crippen molar-refractivity contribution in [1.82, 2.24) is 39.4 Å². The van der Waals surface area contributed by atoms with Gasteiger partial charge in [0.1, 0.15) is 18.3 Å². The van der Waals surface area contributed by atoms with E-state index in [2.05, 4.69) is 36.8 Å². The second-order valence-corrected chi connectivity index (χ2v) is 6.92. The minimum atomic E-state index is -0.0726. The molecule has 29 heavy (non-hydrogen) atoms. The maximum absolute atomic E-state index is 13.3. The highest BCUT2D eigenvalue weighted by Crippen LogP contribution is 2.28. The van der Waals surface area contributed by atoms with Gasteiger partial charge in [-0.15, -0.1) is 10.2 Å². The smallest absolute Gasteiger partial charge is 0.256 e. The van der Waals surface area contributed by atoms with Crippen LogP contribution in [-0.2, 0) is 6.54 Å². The van der Waals surface area contributed by atoms with Gasteiger partial charge < -0.3 is 9.47 Å². The van der Waals surface area contributed by atoms with Crippen molar-refractivity contribution in [2.24, 2.45) is 0 Å². The first kappa shape index (κ1) is 17.2. The van der Waals surface area contributed by atoms with E-state index in [9.17, 15) is 4.79 Å². The highest BCUT2D eigenvalue weighted by atomic mass is 16.2. The van der Waals surface area contributed by atoms with E-state index < -0.39 is 0 Å². The maximum Gasteiger partial charge on any atom is 0.256 e. The summed E-state index contributed by atoms with van der Waals surface area (Å²) in [6.07, 6.45) is 4.77. The average Bonchev–Trinajstić information content (AvgIpc) is 3.44. The van der Waals surface area contributed by atoms with Gasteiger partial charge in [-0.05, 0) is 31.2 Å². The lowest BCUT2D eigenvalue weighted by atomic mass is 10.1. The van der Waals surface area contributed by atoms with Gasteiger partial charge in [0.05, 0.1) is 23.8 Å². The van der Waals surface area contributed by atoms with E-state index in [-0.39, 0.29) is 11.9 Å². The molecule has 1 aliphatic heterocycles. The number of carbonyl (C=O) groups excluding carboxylic acids is 1. The number of benzene rings is 1. The second kappa shape index (κ2) is 6.93. The molecule has 5 rings (SSSR count). The fourth-order valence-corrected chi connectivity index (χ4v) is 3.71. The highest BCUT2D eigenvalue weighted by molar-refractivity contribution is 5.97. The van der Waals surface area contributed by atoms with E-state index in [0.717, 1.165) is 17.3 Å². The first-order valence-corrected chi connectivity index (χ1v) is 9.31. The van der Waals surface area contributed by atoms with Crippen molar-refractivity contribution in [2.75, 3.05) is 6.54 Å². The Labute approximate surface area is 166 Å². The van der Waals surface area contributed by atoms with Crippen LogP contribution in [0.4, 0.5) is 0 Å². The molecule has 1 atom stereocenters. The van der Waals surface area contributed by atoms with Crippen LogP contribution in [-0.4, -0.2) is 51.9 Å². The molecular formula is C20H18N8O. The van der Waals surface area contributed by atoms with Gasteiger partial charge in [0, 0.05) is 12.7 Å². The van der Waals surface area contributed by atoms with Crippen molar-refractivity contribution < 1.29 is 4.79 Å². The van der Waals surface area contributed by atoms with Crippen LogP contribution in [0.2, 0.25) is 0 Å². The number of nitrogens with zero attached hydrogens (tertiary/aromatic N) is 8. The fraction of sp³-hybridized carbons (Fsp3) is 0.200. The molecule has 0 radical (unpaired) electrons. The Kier molecular flexibility index (Phi) is 4.12. The SMILES string of the molecule is C[C@H]1CN(C(=O)c2ccccc2-n2cncn2)Cc2nnc(-c3ccccn3)n21. The van der Waals surface area contributed by atoms with E-state index in [4.69, 9.17) is 0 Å². The van der Waals surface area contributed by atoms with Crippen LogP contribution in [0.15, 0.2) is 61.3 Å². The largest absolute Gasteiger partial charge is 0.329 e. The number of hydrogen-bond acceptors (Lipinski definition) is 6. The lowest BCUT2D eigenvalue weighted by molar-refractivity contribution is 0.0682. The van der Waals surface area contributed by atoms with Gasteiger partial charge in [0.15, 0.2) is 11.6 Å². The standard InChI is InChI=1S/C20H18N8O/c1-14-10-26(11-18-24-25-19(28(14)18)16-7-4-5-9-22-16)20(29)15-6-2-3-8-17(15)27-13-21-12-23-27/h2-9,12-14H,10-11H2,1H3/t14-/m0/s1. The molecule has 0 aliphatic carbocycles. The van der Waals surface area contributed by atoms with Crippen molar-refractivity contribution in [3.63, 3.8) is 0 Å². The molecule has 0 fully saturated rings. The van der Waals surface area contributed by atoms with Crippen molar-refractivity contribution >= 4 is 5.91 Å². The highest BCUT2D eigenvalue weighted by Gasteiger charge is 2.31. The quantitative estimate of drug-likeness (QED) is 0.535.